The Morgan fingerprint density at radius 2 is 1.10 bits per heavy atom. The average Bonchev–Trinajstić information content (AvgIpc) is 1.53. The molecule has 498 valence electrons. The molecule has 0 heterocycles. The molecule has 0 amide bonds. The lowest BCUT2D eigenvalue weighted by Crippen LogP contribution is -2.34. The Morgan fingerprint density at radius 3 is 1.61 bits per heavy atom. The number of oxime groups is 3. The second-order valence-corrected chi connectivity index (χ2v) is 27.0. The largest absolute Gasteiger partial charge is 0.460 e. The smallest absolute Gasteiger partial charge is 0.338 e. The number of benzene rings is 4. The third-order valence-corrected chi connectivity index (χ3v) is 13.6. The molecule has 0 aliphatic rings. The van der Waals surface area contributed by atoms with E-state index in [0.717, 1.165) is 22.3 Å². The number of hydroxylamine groups is 1. The van der Waals surface area contributed by atoms with Crippen molar-refractivity contribution in [3.05, 3.63) is 139 Å². The highest BCUT2D eigenvalue weighted by atomic mass is 35.5. The van der Waals surface area contributed by atoms with Crippen LogP contribution in [0.3, 0.4) is 0 Å². The second-order valence-electron chi connectivity index (χ2n) is 26.2. The Labute approximate surface area is 541 Å². The molecule has 0 bridgehead atoms. The van der Waals surface area contributed by atoms with Gasteiger partial charge in [-0.25, -0.2) is 4.79 Å². The Morgan fingerprint density at radius 1 is 0.589 bits per heavy atom. The molecule has 0 spiro atoms. The lowest BCUT2D eigenvalue weighted by molar-refractivity contribution is -0.157. The minimum Gasteiger partial charge on any atom is -0.460 e. The van der Waals surface area contributed by atoms with Gasteiger partial charge in [0.25, 0.3) is 0 Å². The summed E-state index contributed by atoms with van der Waals surface area (Å²) in [6.07, 6.45) is 0.884. The zero-order chi connectivity index (χ0) is 68.5. The number of carbonyl (C=O) groups is 4. The van der Waals surface area contributed by atoms with E-state index in [1.54, 1.807) is 60.5 Å². The topological polar surface area (TPSA) is 330 Å². The summed E-state index contributed by atoms with van der Waals surface area (Å²) in [6, 6.07) is 25.5. The lowest BCUT2D eigenvalue weighted by Gasteiger charge is -2.29. The van der Waals surface area contributed by atoms with Crippen LogP contribution in [-0.2, 0) is 64.4 Å². The van der Waals surface area contributed by atoms with Gasteiger partial charge in [-0.05, 0) is 174 Å². The van der Waals surface area contributed by atoms with Crippen LogP contribution in [0.2, 0.25) is 10.0 Å². The van der Waals surface area contributed by atoms with Gasteiger partial charge in [0.1, 0.15) is 22.6 Å². The standard InChI is InChI=1S/C32H47ClN6O5.C18H29N3O3.C15H22ClN3O3/c1-31(2,3)25(15-16-38(7)18-21-9-11-22(12-10-21)28(34)36-42)30(41)44-37-29(35)23-13-14-26(33)24(17-23)19-39(8)20-27(40)43-32(4,5)6;1-13(2)21(10-9-16(22)24-18(3,4)5)12-14-7-6-8-15(11-14)17(19)20-23;1-15(2,3)22-13(20)9-19(4)8-10-5-6-11(12(16)7-10)14(17)18-21/h9-14,17,25,42H,15-16,18-20H2,1-8H3,(H2,34,36)(H2,35,37);6-8,11,13,23H,9-10,12H2,1-5H3,(H2,19,20);5-7,21H,8-9H2,1-4H3,(H2,17,18). The van der Waals surface area contributed by atoms with Crippen molar-refractivity contribution in [1.82, 2.24) is 25.1 Å². The number of nitrogens with two attached hydrogens (primary N) is 3. The highest BCUT2D eigenvalue weighted by Gasteiger charge is 2.33. The summed E-state index contributed by atoms with van der Waals surface area (Å²) < 4.78 is 16.0. The molecule has 1 unspecified atom stereocenters. The number of likely N-dealkylation sites (N-methyl/N-ethyl adjacent to an activating group) is 2. The van der Waals surface area contributed by atoms with Gasteiger partial charge in [0, 0.05) is 66.0 Å². The lowest BCUT2D eigenvalue weighted by atomic mass is 9.78. The van der Waals surface area contributed by atoms with Gasteiger partial charge in [-0.2, -0.15) is 0 Å². The Balaban J connectivity index is 0.000000505. The summed E-state index contributed by atoms with van der Waals surface area (Å²) in [5.41, 5.74) is 23.3. The first-order valence-electron chi connectivity index (χ1n) is 29.3. The number of hydrogen-bond donors (Lipinski definition) is 8. The van der Waals surface area contributed by atoms with E-state index in [1.165, 1.54) is 0 Å². The van der Waals surface area contributed by atoms with E-state index >= 15 is 0 Å². The van der Waals surface area contributed by atoms with Gasteiger partial charge in [0.2, 0.25) is 0 Å². The molecule has 4 aromatic rings. The molecule has 1 atom stereocenters. The summed E-state index contributed by atoms with van der Waals surface area (Å²) in [4.78, 5) is 62.3. The highest BCUT2D eigenvalue weighted by molar-refractivity contribution is 6.34. The van der Waals surface area contributed by atoms with Crippen LogP contribution in [0.5, 0.6) is 0 Å². The molecule has 4 rings (SSSR count). The van der Waals surface area contributed by atoms with Crippen molar-refractivity contribution in [2.45, 2.75) is 159 Å². The van der Waals surface area contributed by atoms with Gasteiger partial charge < -0.3 is 51.6 Å². The van der Waals surface area contributed by atoms with E-state index in [-0.39, 0.29) is 65.8 Å². The van der Waals surface area contributed by atoms with E-state index in [9.17, 15) is 19.2 Å². The van der Waals surface area contributed by atoms with Crippen molar-refractivity contribution in [3.63, 3.8) is 0 Å². The molecule has 0 aliphatic carbocycles. The minimum atomic E-state index is -0.569. The molecule has 90 heavy (non-hydrogen) atoms. The molecular formula is C65H98Cl2N12O11. The van der Waals surface area contributed by atoms with Gasteiger partial charge in [0.05, 0.1) is 30.5 Å². The third kappa shape index (κ3) is 30.9. The van der Waals surface area contributed by atoms with Gasteiger partial charge >= 0.3 is 23.9 Å². The highest BCUT2D eigenvalue weighted by Crippen LogP contribution is 2.31. The van der Waals surface area contributed by atoms with Crippen LogP contribution >= 0.6 is 23.2 Å². The number of esters is 3. The van der Waals surface area contributed by atoms with E-state index in [4.69, 9.17) is 80.5 Å². The maximum absolute atomic E-state index is 13.2. The number of carbonyl (C=O) groups excluding carboxylic acids is 4. The van der Waals surface area contributed by atoms with Gasteiger partial charge in [-0.1, -0.05) is 108 Å². The van der Waals surface area contributed by atoms with Crippen LogP contribution in [0, 0.1) is 16.7 Å². The fourth-order valence-electron chi connectivity index (χ4n) is 8.64. The monoisotopic (exact) mass is 1290 g/mol. The first-order valence-corrected chi connectivity index (χ1v) is 30.1. The van der Waals surface area contributed by atoms with Gasteiger partial charge in [-0.3, -0.25) is 45.2 Å². The molecule has 4 aromatic carbocycles. The van der Waals surface area contributed by atoms with Crippen molar-refractivity contribution in [2.75, 3.05) is 47.3 Å². The molecular weight excluding hydrogens is 1200 g/mol. The van der Waals surface area contributed by atoms with Crippen molar-refractivity contribution in [1.29, 1.82) is 5.41 Å². The third-order valence-electron chi connectivity index (χ3n) is 12.9. The molecule has 0 saturated heterocycles. The van der Waals surface area contributed by atoms with Crippen LogP contribution in [0.1, 0.15) is 154 Å². The molecule has 0 saturated carbocycles. The number of hydrogen-bond acceptors (Lipinski definition) is 19. The number of rotatable bonds is 25. The predicted octanol–water partition coefficient (Wildman–Crippen LogP) is 9.70. The maximum Gasteiger partial charge on any atom is 0.338 e. The summed E-state index contributed by atoms with van der Waals surface area (Å²) >= 11 is 12.5. The number of nitrogens with one attached hydrogen (secondary N) is 2. The van der Waals surface area contributed by atoms with Crippen LogP contribution in [0.15, 0.2) is 100 Å². The fourth-order valence-corrected chi connectivity index (χ4v) is 9.12. The van der Waals surface area contributed by atoms with Crippen molar-refractivity contribution < 1.29 is 53.8 Å². The molecule has 0 aliphatic heterocycles. The molecule has 11 N–H and O–H groups in total. The van der Waals surface area contributed by atoms with E-state index in [1.807, 2.05) is 144 Å². The predicted molar refractivity (Wildman–Crippen MR) is 354 cm³/mol. The average molecular weight is 1290 g/mol. The number of amidine groups is 4. The van der Waals surface area contributed by atoms with Crippen LogP contribution in [0.4, 0.5) is 0 Å². The SMILES string of the molecule is CC(C)N(CCC(=O)OC(C)(C)C)Cc1cccc(C(=N)NO)c1.CN(CC(=O)OC(C)(C)C)Cc1ccc(C(N)=NO)c(Cl)c1.CN(CCC(C(=O)ON=C(N)c1ccc(Cl)c(CN(C)CC(=O)OC(C)(C)C)c1)C(C)(C)C)Cc1ccc(C(N)=NO)cc1. The molecule has 0 aromatic heterocycles. The van der Waals surface area contributed by atoms with E-state index in [0.29, 0.717) is 84.4 Å². The minimum absolute atomic E-state index is 0.0335. The van der Waals surface area contributed by atoms with E-state index < -0.39 is 28.7 Å². The quantitative estimate of drug-likeness (QED) is 0.00582. The van der Waals surface area contributed by atoms with Crippen molar-refractivity contribution in [2.24, 2.45) is 44.0 Å². The second kappa shape index (κ2) is 36.5. The zero-order valence-corrected chi connectivity index (χ0v) is 57.0. The number of ether oxygens (including phenoxy) is 3. The summed E-state index contributed by atoms with van der Waals surface area (Å²) in [5.74, 6) is -1.73. The first-order chi connectivity index (χ1) is 41.6. The molecule has 25 heteroatoms. The zero-order valence-electron chi connectivity index (χ0n) is 55.5. The molecule has 0 fully saturated rings. The van der Waals surface area contributed by atoms with Crippen LogP contribution < -0.4 is 22.7 Å². The molecule has 23 nitrogen and oxygen atoms in total. The summed E-state index contributed by atoms with van der Waals surface area (Å²) in [6.45, 7) is 30.3. The van der Waals surface area contributed by atoms with Crippen LogP contribution in [-0.4, -0.2) is 153 Å². The summed E-state index contributed by atoms with van der Waals surface area (Å²) in [7, 11) is 5.58. The normalized spacial score (nSPS) is 12.9. The van der Waals surface area contributed by atoms with Crippen molar-refractivity contribution >= 4 is 70.4 Å². The number of nitrogens with zero attached hydrogens (tertiary/aromatic N) is 7. The van der Waals surface area contributed by atoms with Gasteiger partial charge in [-0.15, -0.1) is 0 Å². The van der Waals surface area contributed by atoms with Crippen molar-refractivity contribution in [3.8, 4) is 0 Å². The number of halogens is 2. The van der Waals surface area contributed by atoms with E-state index in [2.05, 4.69) is 39.1 Å². The maximum atomic E-state index is 13.2. The first kappa shape index (κ1) is 78.7. The summed E-state index contributed by atoms with van der Waals surface area (Å²) in [5, 5.41) is 44.8. The Kier molecular flexibility index (Phi) is 31.9. The molecule has 0 radical (unpaired) electrons. The van der Waals surface area contributed by atoms with Gasteiger partial charge in [0.15, 0.2) is 17.5 Å². The Bertz CT molecular complexity index is 3080. The van der Waals surface area contributed by atoms with Crippen LogP contribution in [0.25, 0.3) is 0 Å². The Hall–Kier alpha value is -7.38. The fraction of sp³-hybridized carbons (Fsp3) is 0.508.